The normalized spacial score (nSPS) is 10.1. The van der Waals surface area contributed by atoms with Crippen molar-refractivity contribution in [2.75, 3.05) is 10.6 Å². The molecule has 0 spiro atoms. The zero-order chi connectivity index (χ0) is 13.0. The SMILES string of the molecule is CC(=O)Nc1ccc(NCc2ccn(C)c2)cc1. The lowest BCUT2D eigenvalue weighted by molar-refractivity contribution is -0.114. The van der Waals surface area contributed by atoms with Crippen LogP contribution in [0.5, 0.6) is 0 Å². The molecule has 0 atom stereocenters. The molecule has 0 aliphatic carbocycles. The summed E-state index contributed by atoms with van der Waals surface area (Å²) in [5.41, 5.74) is 3.09. The molecule has 0 aliphatic rings. The van der Waals surface area contributed by atoms with Gasteiger partial charge in [0.1, 0.15) is 0 Å². The second kappa shape index (κ2) is 5.40. The van der Waals surface area contributed by atoms with Gasteiger partial charge < -0.3 is 15.2 Å². The van der Waals surface area contributed by atoms with E-state index in [1.807, 2.05) is 42.1 Å². The van der Waals surface area contributed by atoms with Crippen molar-refractivity contribution in [2.24, 2.45) is 7.05 Å². The summed E-state index contributed by atoms with van der Waals surface area (Å²) in [6, 6.07) is 9.75. The molecule has 94 valence electrons. The smallest absolute Gasteiger partial charge is 0.221 e. The van der Waals surface area contributed by atoms with Gasteiger partial charge in [0.2, 0.25) is 5.91 Å². The lowest BCUT2D eigenvalue weighted by Crippen LogP contribution is -2.05. The molecular formula is C14H17N3O. The maximum Gasteiger partial charge on any atom is 0.221 e. The monoisotopic (exact) mass is 243 g/mol. The van der Waals surface area contributed by atoms with Crippen molar-refractivity contribution >= 4 is 17.3 Å². The highest BCUT2D eigenvalue weighted by Crippen LogP contribution is 2.14. The fourth-order valence-electron chi connectivity index (χ4n) is 1.74. The van der Waals surface area contributed by atoms with Crippen molar-refractivity contribution in [1.82, 2.24) is 4.57 Å². The minimum atomic E-state index is -0.0556. The summed E-state index contributed by atoms with van der Waals surface area (Å²) in [5.74, 6) is -0.0556. The molecule has 0 bridgehead atoms. The number of hydrogen-bond donors (Lipinski definition) is 2. The van der Waals surface area contributed by atoms with Gasteiger partial charge in [-0.2, -0.15) is 0 Å². The number of anilines is 2. The number of carbonyl (C=O) groups is 1. The Morgan fingerprint density at radius 3 is 2.39 bits per heavy atom. The van der Waals surface area contributed by atoms with Gasteiger partial charge >= 0.3 is 0 Å². The van der Waals surface area contributed by atoms with E-state index in [4.69, 9.17) is 0 Å². The Bertz CT molecular complexity index is 528. The summed E-state index contributed by atoms with van der Waals surface area (Å²) >= 11 is 0. The second-order valence-electron chi connectivity index (χ2n) is 4.30. The summed E-state index contributed by atoms with van der Waals surface area (Å²) in [7, 11) is 2.01. The fourth-order valence-corrected chi connectivity index (χ4v) is 1.74. The summed E-state index contributed by atoms with van der Waals surface area (Å²) in [4.78, 5) is 10.9. The third-order valence-electron chi connectivity index (χ3n) is 2.60. The zero-order valence-electron chi connectivity index (χ0n) is 10.6. The largest absolute Gasteiger partial charge is 0.381 e. The molecule has 1 aromatic heterocycles. The van der Waals surface area contributed by atoms with Gasteiger partial charge in [0.25, 0.3) is 0 Å². The van der Waals surface area contributed by atoms with Crippen molar-refractivity contribution < 1.29 is 4.79 Å². The number of nitrogens with one attached hydrogen (secondary N) is 2. The van der Waals surface area contributed by atoms with E-state index in [0.29, 0.717) is 0 Å². The van der Waals surface area contributed by atoms with Crippen LogP contribution in [-0.4, -0.2) is 10.5 Å². The average Bonchev–Trinajstić information content (AvgIpc) is 2.74. The molecule has 4 nitrogen and oxygen atoms in total. The molecule has 2 aromatic rings. The maximum atomic E-state index is 10.9. The van der Waals surface area contributed by atoms with Crippen molar-refractivity contribution in [3.63, 3.8) is 0 Å². The standard InChI is InChI=1S/C14H17N3O/c1-11(18)16-14-5-3-13(4-6-14)15-9-12-7-8-17(2)10-12/h3-8,10,15H,9H2,1-2H3,(H,16,18). The summed E-state index contributed by atoms with van der Waals surface area (Å²) in [6.07, 6.45) is 4.11. The molecule has 1 aromatic carbocycles. The number of nitrogens with zero attached hydrogens (tertiary/aromatic N) is 1. The Labute approximate surface area is 107 Å². The van der Waals surface area contributed by atoms with E-state index in [2.05, 4.69) is 22.9 Å². The molecule has 1 heterocycles. The first-order valence-corrected chi connectivity index (χ1v) is 5.86. The Morgan fingerprint density at radius 1 is 1.17 bits per heavy atom. The van der Waals surface area contributed by atoms with Crippen LogP contribution in [0.2, 0.25) is 0 Å². The molecule has 1 amide bonds. The Balaban J connectivity index is 1.92. The van der Waals surface area contributed by atoms with Gasteiger partial charge in [-0.3, -0.25) is 4.79 Å². The Kier molecular flexibility index (Phi) is 3.67. The van der Waals surface area contributed by atoms with Crippen LogP contribution in [0.25, 0.3) is 0 Å². The van der Waals surface area contributed by atoms with Crippen LogP contribution in [-0.2, 0) is 18.4 Å². The van der Waals surface area contributed by atoms with Gasteiger partial charge in [-0.05, 0) is 35.9 Å². The molecule has 18 heavy (non-hydrogen) atoms. The number of aryl methyl sites for hydroxylation is 1. The number of aromatic nitrogens is 1. The van der Waals surface area contributed by atoms with Gasteiger partial charge in [-0.15, -0.1) is 0 Å². The molecule has 0 radical (unpaired) electrons. The van der Waals surface area contributed by atoms with Crippen molar-refractivity contribution in [1.29, 1.82) is 0 Å². The predicted molar refractivity (Wildman–Crippen MR) is 73.5 cm³/mol. The molecule has 2 N–H and O–H groups in total. The third kappa shape index (κ3) is 3.38. The number of hydrogen-bond acceptors (Lipinski definition) is 2. The van der Waals surface area contributed by atoms with Gasteiger partial charge in [-0.1, -0.05) is 0 Å². The number of carbonyl (C=O) groups excluding carboxylic acids is 1. The molecule has 0 unspecified atom stereocenters. The summed E-state index contributed by atoms with van der Waals surface area (Å²) in [5, 5.41) is 6.07. The van der Waals surface area contributed by atoms with E-state index in [1.165, 1.54) is 12.5 Å². The van der Waals surface area contributed by atoms with E-state index >= 15 is 0 Å². The zero-order valence-corrected chi connectivity index (χ0v) is 10.6. The van der Waals surface area contributed by atoms with Crippen LogP contribution in [0, 0.1) is 0 Å². The van der Waals surface area contributed by atoms with E-state index in [1.54, 1.807) is 0 Å². The topological polar surface area (TPSA) is 46.1 Å². The summed E-state index contributed by atoms with van der Waals surface area (Å²) < 4.78 is 2.02. The maximum absolute atomic E-state index is 10.9. The van der Waals surface area contributed by atoms with Crippen LogP contribution < -0.4 is 10.6 Å². The van der Waals surface area contributed by atoms with Gasteiger partial charge in [0, 0.05) is 44.3 Å². The lowest BCUT2D eigenvalue weighted by atomic mass is 10.2. The van der Waals surface area contributed by atoms with Crippen LogP contribution in [0.3, 0.4) is 0 Å². The number of rotatable bonds is 4. The molecule has 2 rings (SSSR count). The van der Waals surface area contributed by atoms with Crippen LogP contribution in [0.15, 0.2) is 42.7 Å². The first kappa shape index (κ1) is 12.2. The van der Waals surface area contributed by atoms with E-state index in [0.717, 1.165) is 17.9 Å². The highest BCUT2D eigenvalue weighted by Gasteiger charge is 1.97. The minimum absolute atomic E-state index is 0.0556. The first-order chi connectivity index (χ1) is 8.63. The van der Waals surface area contributed by atoms with Gasteiger partial charge in [-0.25, -0.2) is 0 Å². The molecule has 0 aliphatic heterocycles. The Hall–Kier alpha value is -2.23. The van der Waals surface area contributed by atoms with E-state index in [9.17, 15) is 4.79 Å². The minimum Gasteiger partial charge on any atom is -0.381 e. The van der Waals surface area contributed by atoms with Gasteiger partial charge in [0.15, 0.2) is 0 Å². The molecular weight excluding hydrogens is 226 g/mol. The van der Waals surface area contributed by atoms with Crippen LogP contribution >= 0.6 is 0 Å². The average molecular weight is 243 g/mol. The van der Waals surface area contributed by atoms with Crippen molar-refractivity contribution in [2.45, 2.75) is 13.5 Å². The highest BCUT2D eigenvalue weighted by atomic mass is 16.1. The van der Waals surface area contributed by atoms with Crippen LogP contribution in [0.4, 0.5) is 11.4 Å². The Morgan fingerprint density at radius 2 is 1.83 bits per heavy atom. The predicted octanol–water partition coefficient (Wildman–Crippen LogP) is 2.60. The fraction of sp³-hybridized carbons (Fsp3) is 0.214. The highest BCUT2D eigenvalue weighted by molar-refractivity contribution is 5.88. The molecule has 0 fully saturated rings. The van der Waals surface area contributed by atoms with Gasteiger partial charge in [0.05, 0.1) is 0 Å². The second-order valence-corrected chi connectivity index (χ2v) is 4.30. The molecule has 0 saturated heterocycles. The number of amides is 1. The van der Waals surface area contributed by atoms with Crippen molar-refractivity contribution in [3.05, 3.63) is 48.3 Å². The van der Waals surface area contributed by atoms with Crippen LogP contribution in [0.1, 0.15) is 12.5 Å². The lowest BCUT2D eigenvalue weighted by Gasteiger charge is -2.07. The molecule has 0 saturated carbocycles. The van der Waals surface area contributed by atoms with Crippen molar-refractivity contribution in [3.8, 4) is 0 Å². The number of benzene rings is 1. The quantitative estimate of drug-likeness (QED) is 0.867. The first-order valence-electron chi connectivity index (χ1n) is 5.86. The van der Waals surface area contributed by atoms with E-state index in [-0.39, 0.29) is 5.91 Å². The summed E-state index contributed by atoms with van der Waals surface area (Å²) in [6.45, 7) is 2.29. The third-order valence-corrected chi connectivity index (χ3v) is 2.60. The van der Waals surface area contributed by atoms with E-state index < -0.39 is 0 Å². The molecule has 4 heteroatoms.